The van der Waals surface area contributed by atoms with Crippen molar-refractivity contribution in [3.05, 3.63) is 118 Å². The van der Waals surface area contributed by atoms with Crippen molar-refractivity contribution in [1.82, 2.24) is 4.98 Å². The third-order valence-electron chi connectivity index (χ3n) is 7.04. The fourth-order valence-corrected chi connectivity index (χ4v) is 6.46. The number of nitrogens with zero attached hydrogens (tertiary/aromatic N) is 1. The number of benzene rings is 3. The molecule has 0 saturated heterocycles. The lowest BCUT2D eigenvalue weighted by atomic mass is 9.98. The number of carbonyl (C=O) groups is 2. The Bertz CT molecular complexity index is 2000. The SMILES string of the molecule is COc1ccc(OC)c(-c2cc(-c3ccccc3)nc3sc(C(=O)Nc4ccc(C(=O)/C=C/c5cccs5)cc4)c(N)c23)c1. The van der Waals surface area contributed by atoms with Crippen LogP contribution in [0.25, 0.3) is 38.7 Å². The van der Waals surface area contributed by atoms with E-state index in [0.29, 0.717) is 43.5 Å². The topological polar surface area (TPSA) is 104 Å². The molecule has 44 heavy (non-hydrogen) atoms. The summed E-state index contributed by atoms with van der Waals surface area (Å²) in [6.45, 7) is 0. The number of allylic oxidation sites excluding steroid dienone is 1. The molecule has 0 unspecified atom stereocenters. The minimum atomic E-state index is -0.369. The predicted octanol–water partition coefficient (Wildman–Crippen LogP) is 8.44. The van der Waals surface area contributed by atoms with Gasteiger partial charge in [0.1, 0.15) is 21.2 Å². The van der Waals surface area contributed by atoms with Crippen LogP contribution in [-0.4, -0.2) is 30.9 Å². The average molecular weight is 618 g/mol. The number of fused-ring (bicyclic) bond motifs is 1. The molecule has 3 heterocycles. The van der Waals surface area contributed by atoms with E-state index >= 15 is 0 Å². The van der Waals surface area contributed by atoms with Crippen molar-refractivity contribution in [2.24, 2.45) is 0 Å². The molecule has 0 aliphatic rings. The predicted molar refractivity (Wildman–Crippen MR) is 180 cm³/mol. The van der Waals surface area contributed by atoms with Crippen LogP contribution in [0.15, 0.2) is 102 Å². The molecular weight excluding hydrogens is 591 g/mol. The Kier molecular flexibility index (Phi) is 8.23. The summed E-state index contributed by atoms with van der Waals surface area (Å²) < 4.78 is 11.2. The van der Waals surface area contributed by atoms with Gasteiger partial charge in [-0.2, -0.15) is 0 Å². The summed E-state index contributed by atoms with van der Waals surface area (Å²) in [5.41, 5.74) is 11.3. The zero-order valence-electron chi connectivity index (χ0n) is 23.9. The lowest BCUT2D eigenvalue weighted by molar-refractivity contribution is 0.102. The van der Waals surface area contributed by atoms with Gasteiger partial charge in [0.15, 0.2) is 5.78 Å². The van der Waals surface area contributed by atoms with Crippen LogP contribution in [-0.2, 0) is 0 Å². The molecule has 9 heteroatoms. The van der Waals surface area contributed by atoms with E-state index in [4.69, 9.17) is 20.2 Å². The number of hydrogen-bond acceptors (Lipinski definition) is 8. The number of carbonyl (C=O) groups excluding carboxylic acids is 2. The van der Waals surface area contributed by atoms with Gasteiger partial charge in [0.25, 0.3) is 5.91 Å². The second-order valence-corrected chi connectivity index (χ2v) is 11.7. The monoisotopic (exact) mass is 617 g/mol. The van der Waals surface area contributed by atoms with E-state index < -0.39 is 0 Å². The summed E-state index contributed by atoms with van der Waals surface area (Å²) in [6.07, 6.45) is 3.34. The molecule has 0 atom stereocenters. The highest BCUT2D eigenvalue weighted by atomic mass is 32.1. The van der Waals surface area contributed by atoms with Crippen molar-refractivity contribution < 1.29 is 19.1 Å². The summed E-state index contributed by atoms with van der Waals surface area (Å²) in [7, 11) is 3.21. The van der Waals surface area contributed by atoms with E-state index in [9.17, 15) is 9.59 Å². The first-order chi connectivity index (χ1) is 21.4. The first-order valence-corrected chi connectivity index (χ1v) is 15.3. The number of hydrogen-bond donors (Lipinski definition) is 2. The quantitative estimate of drug-likeness (QED) is 0.125. The number of aromatic nitrogens is 1. The summed E-state index contributed by atoms with van der Waals surface area (Å²) in [6, 6.07) is 28.0. The lowest BCUT2D eigenvalue weighted by Gasteiger charge is -2.14. The van der Waals surface area contributed by atoms with Gasteiger partial charge in [0, 0.05) is 38.2 Å². The minimum absolute atomic E-state index is 0.120. The molecule has 0 aliphatic heterocycles. The van der Waals surface area contributed by atoms with E-state index in [1.807, 2.05) is 72.1 Å². The van der Waals surface area contributed by atoms with Crippen molar-refractivity contribution in [1.29, 1.82) is 0 Å². The third kappa shape index (κ3) is 5.83. The first-order valence-electron chi connectivity index (χ1n) is 13.6. The van der Waals surface area contributed by atoms with Crippen LogP contribution < -0.4 is 20.5 Å². The fourth-order valence-electron chi connectivity index (χ4n) is 4.83. The number of pyridine rings is 1. The van der Waals surface area contributed by atoms with E-state index in [1.54, 1.807) is 62.0 Å². The van der Waals surface area contributed by atoms with Crippen LogP contribution in [0.3, 0.4) is 0 Å². The molecule has 7 nitrogen and oxygen atoms in total. The molecule has 218 valence electrons. The maximum atomic E-state index is 13.6. The molecule has 3 N–H and O–H groups in total. The number of nitrogen functional groups attached to an aromatic ring is 1. The standard InChI is InChI=1S/C35H27N3O4S2/c1-41-24-14-17-30(42-2)26(19-24)27-20-28(21-7-4-3-5-8-21)38-35-31(27)32(36)33(44-35)34(40)37-23-12-10-22(11-13-23)29(39)16-15-25-9-6-18-43-25/h3-20H,36H2,1-2H3,(H,37,40)/b16-15+. The molecular formula is C35H27N3O4S2. The highest BCUT2D eigenvalue weighted by Gasteiger charge is 2.23. The fraction of sp³-hybridized carbons (Fsp3) is 0.0571. The number of ether oxygens (including phenoxy) is 2. The molecule has 0 saturated carbocycles. The zero-order valence-corrected chi connectivity index (χ0v) is 25.5. The summed E-state index contributed by atoms with van der Waals surface area (Å²) in [5.74, 6) is 0.800. The van der Waals surface area contributed by atoms with Gasteiger partial charge in [0.05, 0.1) is 25.6 Å². The molecule has 1 amide bonds. The Morgan fingerprint density at radius 1 is 0.886 bits per heavy atom. The number of nitrogens with two attached hydrogens (primary N) is 1. The van der Waals surface area contributed by atoms with Gasteiger partial charge in [0.2, 0.25) is 0 Å². The van der Waals surface area contributed by atoms with Crippen LogP contribution in [0.2, 0.25) is 0 Å². The Morgan fingerprint density at radius 3 is 2.39 bits per heavy atom. The molecule has 3 aromatic carbocycles. The van der Waals surface area contributed by atoms with Gasteiger partial charge < -0.3 is 20.5 Å². The Labute approximate surface area is 262 Å². The first kappa shape index (κ1) is 28.9. The van der Waals surface area contributed by atoms with Gasteiger partial charge >= 0.3 is 0 Å². The van der Waals surface area contributed by atoms with Gasteiger partial charge in [-0.3, -0.25) is 9.59 Å². The molecule has 6 aromatic rings. The van der Waals surface area contributed by atoms with Crippen LogP contribution in [0, 0.1) is 0 Å². The molecule has 6 rings (SSSR count). The van der Waals surface area contributed by atoms with Crippen molar-refractivity contribution >= 4 is 62.0 Å². The second kappa shape index (κ2) is 12.5. The average Bonchev–Trinajstić information content (AvgIpc) is 3.71. The van der Waals surface area contributed by atoms with Crippen molar-refractivity contribution in [2.75, 3.05) is 25.3 Å². The van der Waals surface area contributed by atoms with E-state index in [0.717, 1.165) is 27.3 Å². The molecule has 0 fully saturated rings. The molecule has 0 radical (unpaired) electrons. The zero-order chi connectivity index (χ0) is 30.6. The maximum Gasteiger partial charge on any atom is 0.267 e. The summed E-state index contributed by atoms with van der Waals surface area (Å²) in [5, 5.41) is 5.53. The molecule has 3 aromatic heterocycles. The minimum Gasteiger partial charge on any atom is -0.497 e. The van der Waals surface area contributed by atoms with Gasteiger partial charge in [-0.1, -0.05) is 36.4 Å². The Balaban J connectivity index is 1.36. The van der Waals surface area contributed by atoms with Crippen LogP contribution in [0.4, 0.5) is 11.4 Å². The number of methoxy groups -OCH3 is 2. The van der Waals surface area contributed by atoms with Crippen molar-refractivity contribution in [3.63, 3.8) is 0 Å². The molecule has 0 bridgehead atoms. The number of rotatable bonds is 9. The van der Waals surface area contributed by atoms with E-state index in [-0.39, 0.29) is 11.7 Å². The summed E-state index contributed by atoms with van der Waals surface area (Å²) >= 11 is 2.78. The van der Waals surface area contributed by atoms with Crippen molar-refractivity contribution in [2.45, 2.75) is 0 Å². The van der Waals surface area contributed by atoms with Gasteiger partial charge in [-0.05, 0) is 72.1 Å². The third-order valence-corrected chi connectivity index (χ3v) is 8.98. The van der Waals surface area contributed by atoms with Crippen LogP contribution in [0.5, 0.6) is 11.5 Å². The van der Waals surface area contributed by atoms with Gasteiger partial charge in [-0.25, -0.2) is 4.98 Å². The summed E-state index contributed by atoms with van der Waals surface area (Å²) in [4.78, 5) is 33.0. The number of nitrogens with one attached hydrogen (secondary N) is 1. The number of ketones is 1. The highest BCUT2D eigenvalue weighted by molar-refractivity contribution is 7.21. The van der Waals surface area contributed by atoms with Gasteiger partial charge in [-0.15, -0.1) is 22.7 Å². The van der Waals surface area contributed by atoms with E-state index in [1.165, 1.54) is 11.3 Å². The largest absolute Gasteiger partial charge is 0.497 e. The van der Waals surface area contributed by atoms with Crippen molar-refractivity contribution in [3.8, 4) is 33.9 Å². The number of thiophene rings is 2. The smallest absolute Gasteiger partial charge is 0.267 e. The van der Waals surface area contributed by atoms with E-state index in [2.05, 4.69) is 5.32 Å². The van der Waals surface area contributed by atoms with Crippen LogP contribution in [0.1, 0.15) is 24.9 Å². The van der Waals surface area contributed by atoms with Crippen LogP contribution >= 0.6 is 22.7 Å². The number of amides is 1. The highest BCUT2D eigenvalue weighted by Crippen LogP contribution is 2.45. The Hall–Kier alpha value is -5.25. The normalized spacial score (nSPS) is 11.1. The maximum absolute atomic E-state index is 13.6. The molecule has 0 aliphatic carbocycles. The second-order valence-electron chi connectivity index (χ2n) is 9.76. The lowest BCUT2D eigenvalue weighted by Crippen LogP contribution is -2.12. The number of anilines is 2. The Morgan fingerprint density at radius 2 is 1.68 bits per heavy atom. The molecule has 0 spiro atoms.